The van der Waals surface area contributed by atoms with Crippen molar-refractivity contribution in [2.45, 2.75) is 111 Å². The topological polar surface area (TPSA) is 449 Å². The number of nitrogens with two attached hydrogens (primary N) is 1. The van der Waals surface area contributed by atoms with Gasteiger partial charge in [0.05, 0.1) is 140 Å². The zero-order valence-corrected chi connectivity index (χ0v) is 87.1. The molecule has 2 N–H and O–H groups in total. The molecule has 0 radical (unpaired) electrons. The Morgan fingerprint density at radius 2 is 0.676 bits per heavy atom. The van der Waals surface area contributed by atoms with Gasteiger partial charge in [0.2, 0.25) is 23.8 Å². The van der Waals surface area contributed by atoms with E-state index in [2.05, 4.69) is 122 Å². The maximum atomic E-state index is 13.9. The lowest BCUT2D eigenvalue weighted by Crippen LogP contribution is -2.44. The lowest BCUT2D eigenvalue weighted by atomic mass is 10.1. The van der Waals surface area contributed by atoms with Gasteiger partial charge in [-0.25, -0.2) is 64.7 Å². The van der Waals surface area contributed by atoms with Gasteiger partial charge in [0.15, 0.2) is 34.9 Å². The largest absolute Gasteiger partial charge is 0.384 e. The Kier molecular flexibility index (Phi) is 30.7. The number of nitrogens with zero attached hydrogens (tertiary/aromatic N) is 29. The first kappa shape index (κ1) is 102. The van der Waals surface area contributed by atoms with Crippen LogP contribution >= 0.6 is 0 Å². The molecule has 5 atom stereocenters. The number of imidazole rings is 4. The molecule has 142 heavy (non-hydrogen) atoms. The van der Waals surface area contributed by atoms with Crippen molar-refractivity contribution in [3.05, 3.63) is 168 Å². The summed E-state index contributed by atoms with van der Waals surface area (Å²) in [7, 11) is -11.9. The summed E-state index contributed by atoms with van der Waals surface area (Å²) < 4.78 is 145. The quantitative estimate of drug-likeness (QED) is 0.0938. The molecule has 5 saturated heterocycles. The minimum absolute atomic E-state index is 0.116. The highest BCUT2D eigenvalue weighted by Crippen LogP contribution is 2.42. The average Bonchev–Trinajstić information content (AvgIpc) is 1.61. The normalized spacial score (nSPS) is 18.3. The second kappa shape index (κ2) is 42.6. The van der Waals surface area contributed by atoms with Crippen LogP contribution in [-0.4, -0.2) is 306 Å². The SMILES string of the molecule is C[C@@H]1COCCN1c1cc(N=S(C)(C)=O)nc(-c2cc(N)nc(C3CC3)c2)n1.C[C@@H]1COCCN1c1cc(N=S(C)(C)=O)nc(-n2cnc3ccc(F)cc32)n1.Cc1ccc2c(c1)nc(C)n2-c1nc(N=S(C)(C)=O)cc(N2CCOC[C@H]2C)n1.Cc1ccc2c(c1)ncn2-c1nc(N=S(C)(C)=O)cc(N2CCOC[C@H]2C)n1.Cc1nc2ccc(F)cc2n1-c1nc(N=S(C)(C)=O)cc(N2CCOC[C@H]2C)n1. The van der Waals surface area contributed by atoms with Gasteiger partial charge in [-0.15, -0.1) is 0 Å². The lowest BCUT2D eigenvalue weighted by molar-refractivity contribution is 0.0985. The Morgan fingerprint density at radius 3 is 1.08 bits per heavy atom. The van der Waals surface area contributed by atoms with Crippen molar-refractivity contribution in [3.63, 3.8) is 0 Å². The van der Waals surface area contributed by atoms with Crippen LogP contribution in [0.2, 0.25) is 0 Å². The predicted molar refractivity (Wildman–Crippen MR) is 556 cm³/mol. The minimum Gasteiger partial charge on any atom is -0.384 e. The van der Waals surface area contributed by atoms with Gasteiger partial charge in [-0.1, -0.05) is 12.1 Å². The molecule has 40 nitrogen and oxygen atoms in total. The number of halogens is 2. The van der Waals surface area contributed by atoms with E-state index in [0.717, 1.165) is 100 Å². The number of nitrogen functional groups attached to an aromatic ring is 1. The molecule has 10 aromatic heterocycles. The van der Waals surface area contributed by atoms with Crippen LogP contribution in [0.4, 0.5) is 72.8 Å². The molecule has 1 saturated carbocycles. The second-order valence-electron chi connectivity index (χ2n) is 37.3. The number of pyridine rings is 1. The van der Waals surface area contributed by atoms with Crippen molar-refractivity contribution in [1.29, 1.82) is 0 Å². The van der Waals surface area contributed by atoms with E-state index in [4.69, 9.17) is 49.4 Å². The van der Waals surface area contributed by atoms with Crippen molar-refractivity contribution < 1.29 is 53.5 Å². The van der Waals surface area contributed by atoms with E-state index in [0.29, 0.717) is 189 Å². The molecule has 0 unspecified atom stereocenters. The summed E-state index contributed by atoms with van der Waals surface area (Å²) in [5.74, 6) is 9.10. The maximum Gasteiger partial charge on any atom is 0.239 e. The van der Waals surface area contributed by atoms with Crippen LogP contribution in [0.5, 0.6) is 0 Å². The van der Waals surface area contributed by atoms with Gasteiger partial charge in [-0.05, 0) is 147 Å². The van der Waals surface area contributed by atoms with Crippen LogP contribution in [-0.2, 0) is 72.3 Å². The molecule has 754 valence electrons. The second-order valence-corrected chi connectivity index (χ2v) is 50.1. The Hall–Kier alpha value is -12.5. The van der Waals surface area contributed by atoms with Crippen LogP contribution in [0.25, 0.3) is 79.3 Å². The molecule has 20 rings (SSSR count). The summed E-state index contributed by atoms with van der Waals surface area (Å²) in [5, 5.41) is 0. The highest BCUT2D eigenvalue weighted by atomic mass is 32.2. The van der Waals surface area contributed by atoms with Crippen LogP contribution in [0, 0.1) is 39.3 Å². The van der Waals surface area contributed by atoms with Crippen molar-refractivity contribution in [2.24, 2.45) is 21.8 Å². The number of rotatable bonds is 16. The molecule has 6 fully saturated rings. The van der Waals surface area contributed by atoms with Crippen LogP contribution in [0.1, 0.15) is 81.8 Å². The van der Waals surface area contributed by atoms with Gasteiger partial charge >= 0.3 is 0 Å². The summed E-state index contributed by atoms with van der Waals surface area (Å²) in [6.45, 7) is 27.9. The summed E-state index contributed by atoms with van der Waals surface area (Å²) in [5.41, 5.74) is 16.1. The first-order chi connectivity index (χ1) is 67.3. The van der Waals surface area contributed by atoms with Crippen molar-refractivity contribution >= 4 is 157 Å². The van der Waals surface area contributed by atoms with Gasteiger partial charge in [0, 0.05) is 204 Å². The van der Waals surface area contributed by atoms with Gasteiger partial charge in [0.1, 0.15) is 70.8 Å². The fourth-order valence-corrected chi connectivity index (χ4v) is 19.5. The molecule has 47 heteroatoms. The predicted octanol–water partition coefficient (Wildman–Crippen LogP) is 13.7. The van der Waals surface area contributed by atoms with E-state index in [9.17, 15) is 29.8 Å². The van der Waals surface area contributed by atoms with Gasteiger partial charge in [-0.3, -0.25) is 18.3 Å². The number of aryl methyl sites for hydroxylation is 4. The Labute approximate surface area is 825 Å². The van der Waals surface area contributed by atoms with E-state index in [-0.39, 0.29) is 41.8 Å². The first-order valence-corrected chi connectivity index (χ1v) is 58.0. The van der Waals surface area contributed by atoms with Crippen molar-refractivity contribution in [1.82, 2.24) is 93.0 Å². The smallest absolute Gasteiger partial charge is 0.239 e. The molecule has 15 heterocycles. The molecular formula is C95H120F2N30O10S5. The van der Waals surface area contributed by atoms with Crippen molar-refractivity contribution in [3.8, 4) is 35.2 Å². The molecule has 0 spiro atoms. The summed E-state index contributed by atoms with van der Waals surface area (Å²) in [6.07, 6.45) is 21.3. The number of fused-ring (bicyclic) bond motifs is 4. The molecule has 5 aliphatic heterocycles. The zero-order chi connectivity index (χ0) is 101. The molecule has 0 bridgehead atoms. The molecule has 4 aromatic carbocycles. The lowest BCUT2D eigenvalue weighted by Gasteiger charge is -2.34. The highest BCUT2D eigenvalue weighted by Gasteiger charge is 2.32. The Morgan fingerprint density at radius 1 is 0.338 bits per heavy atom. The van der Waals surface area contributed by atoms with Crippen LogP contribution in [0.15, 0.2) is 150 Å². The molecule has 14 aromatic rings. The zero-order valence-electron chi connectivity index (χ0n) is 83.0. The third-order valence-corrected chi connectivity index (χ3v) is 26.4. The Balaban J connectivity index is 0.000000128. The molecule has 6 aliphatic rings. The van der Waals surface area contributed by atoms with E-state index < -0.39 is 48.6 Å². The Bertz CT molecular complexity index is 7770. The van der Waals surface area contributed by atoms with Crippen molar-refractivity contribution in [2.75, 3.05) is 192 Å². The number of anilines is 6. The van der Waals surface area contributed by atoms with E-state index in [1.165, 1.54) is 24.3 Å². The van der Waals surface area contributed by atoms with Crippen LogP contribution < -0.4 is 30.2 Å². The number of morpholine rings is 5. The molecular weight excluding hydrogens is 1920 g/mol. The standard InChI is InChI=1S/C20H26N6O2S.C19H23FN6O2S.C19H24N6O2S.C19H26N6O2S.C18H21FN6O2S/c1-13-6-7-17-16(10-13)21-15(3)26(17)20-22-18(24-29(4,5)27)11-19(23-20)25-8-9-28-12-14(25)2;1-12-11-28-8-7-25(12)18-10-17(24-29(3,4)27)22-19(23-18)26-13(2)21-15-6-5-14(20)9-16(15)26;1-13-5-6-16-15(9-13)20-12-25(16)19-21-17(23-28(3,4)26)10-18(22-19)24-7-8-27-11-14(24)2;1-12-11-27-7-6-25(12)18-10-17(24-28(2,3)26)22-19(23-18)14-8-15(13-4-5-13)21-16(20)9-14;1-12-10-27-7-6-24(12)17-9-16(23-28(2,3)26)21-18(22-17)25-11-20-14-5-4-13(19)8-15(14)25/h6-7,10-11,14H,8-9,12H2,1-5H3;5-6,9-10,12H,7-8,11H2,1-4H3;5-6,9-10,12,14H,7-8,11H2,1-4H3;8-10,12-13H,4-7,11H2,1-3H3,(H2,20,21);4-5,8-9,11-12H,6-7,10H2,1-3H3/t14-;12-;14-;2*12-/m11111/s1. The molecule has 1 aliphatic carbocycles. The number of benzene rings is 4. The number of hydrogen-bond donors (Lipinski definition) is 1. The van der Waals surface area contributed by atoms with E-state index in [1.54, 1.807) is 133 Å². The molecule has 0 amide bonds. The fourth-order valence-electron chi connectivity index (χ4n) is 16.7. The maximum absolute atomic E-state index is 13.9. The summed E-state index contributed by atoms with van der Waals surface area (Å²) in [6, 6.07) is 34.3. The van der Waals surface area contributed by atoms with Gasteiger partial charge in [0.25, 0.3) is 0 Å². The number of hydrogen-bond acceptors (Lipinski definition) is 36. The fraction of sp³-hybridized carbons (Fsp3) is 0.442. The third-order valence-electron chi connectivity index (χ3n) is 23.2. The van der Waals surface area contributed by atoms with E-state index in [1.807, 2.05) is 93.1 Å². The van der Waals surface area contributed by atoms with Crippen LogP contribution in [0.3, 0.4) is 0 Å². The van der Waals surface area contributed by atoms with E-state index >= 15 is 0 Å². The summed E-state index contributed by atoms with van der Waals surface area (Å²) >= 11 is 0. The number of ether oxygens (including phenoxy) is 5. The van der Waals surface area contributed by atoms with Gasteiger partial charge in [-0.2, -0.15) is 61.7 Å². The van der Waals surface area contributed by atoms with Gasteiger partial charge < -0.3 is 53.9 Å². The first-order valence-electron chi connectivity index (χ1n) is 46.3. The highest BCUT2D eigenvalue weighted by molar-refractivity contribution is 7.93. The average molecular weight is 2040 g/mol. The monoisotopic (exact) mass is 2040 g/mol. The summed E-state index contributed by atoms with van der Waals surface area (Å²) in [4.78, 5) is 79.6. The number of aromatic nitrogens is 19. The third kappa shape index (κ3) is 25.9. The minimum atomic E-state index is -2.43.